The third kappa shape index (κ3) is 6.48. The number of rotatable bonds is 7. The topological polar surface area (TPSA) is 95.5 Å². The summed E-state index contributed by atoms with van der Waals surface area (Å²) < 4.78 is 0.697. The summed E-state index contributed by atoms with van der Waals surface area (Å²) in [6.45, 7) is 0. The van der Waals surface area contributed by atoms with Crippen LogP contribution in [0.25, 0.3) is 0 Å². The molecule has 0 aromatic heterocycles. The molecule has 0 heterocycles. The van der Waals surface area contributed by atoms with Gasteiger partial charge in [0.15, 0.2) is 0 Å². The van der Waals surface area contributed by atoms with Gasteiger partial charge in [0.05, 0.1) is 26.2 Å². The number of hydrogen-bond acceptors (Lipinski definition) is 3. The molecule has 3 N–H and O–H groups in total. The number of hydrogen-bond donors (Lipinski definition) is 3. The molecule has 0 aliphatic heterocycles. The molecular formula is C23H16BrCl3N2O4. The van der Waals surface area contributed by atoms with Crippen molar-refractivity contribution >= 4 is 74.2 Å². The highest BCUT2D eigenvalue weighted by Gasteiger charge is 2.22. The molecule has 3 aromatic carbocycles. The summed E-state index contributed by atoms with van der Waals surface area (Å²) in [6.07, 6.45) is 0.0276. The number of carboxylic acids is 1. The zero-order valence-electron chi connectivity index (χ0n) is 16.7. The smallest absolute Gasteiger partial charge is 0.326 e. The molecule has 0 aliphatic rings. The summed E-state index contributed by atoms with van der Waals surface area (Å²) >= 11 is 21.5. The maximum absolute atomic E-state index is 12.5. The molecular weight excluding hydrogens is 555 g/mol. The Hall–Kier alpha value is -2.58. The summed E-state index contributed by atoms with van der Waals surface area (Å²) in [5, 5.41) is 15.4. The van der Waals surface area contributed by atoms with Gasteiger partial charge in [-0.2, -0.15) is 0 Å². The third-order valence-corrected chi connectivity index (χ3v) is 6.06. The van der Waals surface area contributed by atoms with Gasteiger partial charge in [0.25, 0.3) is 11.8 Å². The minimum absolute atomic E-state index is 0.0276. The van der Waals surface area contributed by atoms with Crippen LogP contribution in [-0.4, -0.2) is 28.9 Å². The Morgan fingerprint density at radius 2 is 1.52 bits per heavy atom. The van der Waals surface area contributed by atoms with E-state index in [-0.39, 0.29) is 32.6 Å². The van der Waals surface area contributed by atoms with Gasteiger partial charge < -0.3 is 15.7 Å². The predicted molar refractivity (Wildman–Crippen MR) is 133 cm³/mol. The van der Waals surface area contributed by atoms with Crippen molar-refractivity contribution in [1.29, 1.82) is 0 Å². The van der Waals surface area contributed by atoms with Crippen LogP contribution in [0, 0.1) is 0 Å². The van der Waals surface area contributed by atoms with Gasteiger partial charge in [-0.05, 0) is 48.0 Å². The zero-order chi connectivity index (χ0) is 24.1. The van der Waals surface area contributed by atoms with Gasteiger partial charge in [-0.1, -0.05) is 68.9 Å². The number of anilines is 1. The van der Waals surface area contributed by atoms with Crippen LogP contribution in [-0.2, 0) is 11.2 Å². The lowest BCUT2D eigenvalue weighted by Gasteiger charge is -2.16. The second-order valence-electron chi connectivity index (χ2n) is 6.94. The molecule has 0 aliphatic carbocycles. The number of carboxylic acid groups (broad SMARTS) is 1. The van der Waals surface area contributed by atoms with Crippen LogP contribution in [0.5, 0.6) is 0 Å². The molecule has 0 spiro atoms. The first kappa shape index (κ1) is 25.1. The number of benzene rings is 3. The fourth-order valence-electron chi connectivity index (χ4n) is 2.98. The standard InChI is InChI=1S/C23H16BrCl3N2O4/c24-13-6-9-15(18(27)11-13)21(30)29-19(23(32)33)10-12-4-7-14(8-5-12)28-22(31)20-16(25)2-1-3-17(20)26/h1-9,11,19H,10H2,(H,28,31)(H,29,30)(H,32,33)/t19-/m0/s1. The van der Waals surface area contributed by atoms with E-state index in [1.807, 2.05) is 0 Å². The van der Waals surface area contributed by atoms with Crippen LogP contribution in [0.2, 0.25) is 15.1 Å². The van der Waals surface area contributed by atoms with Crippen molar-refractivity contribution in [2.24, 2.45) is 0 Å². The van der Waals surface area contributed by atoms with E-state index < -0.39 is 23.8 Å². The molecule has 0 bridgehead atoms. The van der Waals surface area contributed by atoms with Gasteiger partial charge in [0.1, 0.15) is 6.04 Å². The number of halogens is 4. The van der Waals surface area contributed by atoms with Crippen molar-refractivity contribution in [1.82, 2.24) is 5.32 Å². The molecule has 33 heavy (non-hydrogen) atoms. The van der Waals surface area contributed by atoms with Crippen molar-refractivity contribution in [2.45, 2.75) is 12.5 Å². The molecule has 2 amide bonds. The van der Waals surface area contributed by atoms with Crippen LogP contribution in [0.3, 0.4) is 0 Å². The second kappa shape index (κ2) is 11.0. The van der Waals surface area contributed by atoms with E-state index in [2.05, 4.69) is 26.6 Å². The highest BCUT2D eigenvalue weighted by atomic mass is 79.9. The summed E-state index contributed by atoms with van der Waals surface area (Å²) in [4.78, 5) is 36.7. The number of carbonyl (C=O) groups excluding carboxylic acids is 2. The Bertz CT molecular complexity index is 1200. The Balaban J connectivity index is 1.68. The van der Waals surface area contributed by atoms with Gasteiger partial charge in [-0.25, -0.2) is 4.79 Å². The molecule has 0 saturated carbocycles. The Kier molecular flexibility index (Phi) is 8.37. The van der Waals surface area contributed by atoms with Crippen molar-refractivity contribution in [2.75, 3.05) is 5.32 Å². The van der Waals surface area contributed by atoms with Crippen LogP contribution < -0.4 is 10.6 Å². The van der Waals surface area contributed by atoms with Gasteiger partial charge in [0.2, 0.25) is 0 Å². The summed E-state index contributed by atoms with van der Waals surface area (Å²) in [5.74, 6) is -2.26. The summed E-state index contributed by atoms with van der Waals surface area (Å²) in [5.41, 5.74) is 1.43. The molecule has 10 heteroatoms. The molecule has 0 radical (unpaired) electrons. The molecule has 0 unspecified atom stereocenters. The molecule has 0 saturated heterocycles. The first-order chi connectivity index (χ1) is 15.7. The predicted octanol–water partition coefficient (Wildman–Crippen LogP) is 6.09. The van der Waals surface area contributed by atoms with Crippen molar-refractivity contribution < 1.29 is 19.5 Å². The number of aliphatic carboxylic acids is 1. The van der Waals surface area contributed by atoms with E-state index in [1.54, 1.807) is 54.6 Å². The van der Waals surface area contributed by atoms with Gasteiger partial charge in [-0.3, -0.25) is 9.59 Å². The first-order valence-corrected chi connectivity index (χ1v) is 11.4. The van der Waals surface area contributed by atoms with Crippen LogP contribution in [0.15, 0.2) is 65.1 Å². The lowest BCUT2D eigenvalue weighted by molar-refractivity contribution is -0.139. The van der Waals surface area contributed by atoms with E-state index in [1.165, 1.54) is 6.07 Å². The Morgan fingerprint density at radius 3 is 2.09 bits per heavy atom. The van der Waals surface area contributed by atoms with Gasteiger partial charge in [-0.15, -0.1) is 0 Å². The van der Waals surface area contributed by atoms with E-state index >= 15 is 0 Å². The average Bonchev–Trinajstić information content (AvgIpc) is 2.74. The van der Waals surface area contributed by atoms with E-state index in [4.69, 9.17) is 34.8 Å². The van der Waals surface area contributed by atoms with Gasteiger partial charge >= 0.3 is 5.97 Å². The average molecular weight is 571 g/mol. The monoisotopic (exact) mass is 568 g/mol. The minimum Gasteiger partial charge on any atom is -0.480 e. The van der Waals surface area contributed by atoms with Crippen LogP contribution in [0.1, 0.15) is 26.3 Å². The zero-order valence-corrected chi connectivity index (χ0v) is 20.6. The number of carbonyl (C=O) groups is 3. The molecule has 1 atom stereocenters. The number of nitrogens with one attached hydrogen (secondary N) is 2. The van der Waals surface area contributed by atoms with Crippen molar-refractivity contribution in [3.63, 3.8) is 0 Å². The quantitative estimate of drug-likeness (QED) is 0.321. The SMILES string of the molecule is O=C(N[C@@H](Cc1ccc(NC(=O)c2c(Cl)cccc2Cl)cc1)C(=O)O)c1ccc(Br)cc1Cl. The maximum atomic E-state index is 12.5. The molecule has 3 aromatic rings. The van der Waals surface area contributed by atoms with Crippen LogP contribution >= 0.6 is 50.7 Å². The normalized spacial score (nSPS) is 11.5. The van der Waals surface area contributed by atoms with E-state index in [0.717, 1.165) is 0 Å². The minimum atomic E-state index is -1.19. The van der Waals surface area contributed by atoms with Crippen LogP contribution in [0.4, 0.5) is 5.69 Å². The molecule has 0 fully saturated rings. The molecule has 6 nitrogen and oxygen atoms in total. The van der Waals surface area contributed by atoms with Crippen molar-refractivity contribution in [3.05, 3.63) is 96.9 Å². The summed E-state index contributed by atoms with van der Waals surface area (Å²) in [6, 6.07) is 14.8. The molecule has 3 rings (SSSR count). The van der Waals surface area contributed by atoms with E-state index in [0.29, 0.717) is 15.7 Å². The Morgan fingerprint density at radius 1 is 0.879 bits per heavy atom. The second-order valence-corrected chi connectivity index (χ2v) is 9.08. The third-order valence-electron chi connectivity index (χ3n) is 4.62. The lowest BCUT2D eigenvalue weighted by Crippen LogP contribution is -2.42. The Labute approximate surface area is 213 Å². The highest BCUT2D eigenvalue weighted by molar-refractivity contribution is 9.10. The maximum Gasteiger partial charge on any atom is 0.326 e. The highest BCUT2D eigenvalue weighted by Crippen LogP contribution is 2.25. The van der Waals surface area contributed by atoms with E-state index in [9.17, 15) is 19.5 Å². The fraction of sp³-hybridized carbons (Fsp3) is 0.0870. The largest absolute Gasteiger partial charge is 0.480 e. The summed E-state index contributed by atoms with van der Waals surface area (Å²) in [7, 11) is 0. The lowest BCUT2D eigenvalue weighted by atomic mass is 10.0. The first-order valence-electron chi connectivity index (χ1n) is 9.48. The van der Waals surface area contributed by atoms with Gasteiger partial charge in [0, 0.05) is 16.6 Å². The molecule has 170 valence electrons. The fourth-order valence-corrected chi connectivity index (χ4v) is 4.31. The van der Waals surface area contributed by atoms with Crippen molar-refractivity contribution in [3.8, 4) is 0 Å². The number of amides is 2.